The normalized spacial score (nSPS) is 13.1. The molecule has 4 heteroatoms. The van der Waals surface area contributed by atoms with Gasteiger partial charge in [0, 0.05) is 38.7 Å². The summed E-state index contributed by atoms with van der Waals surface area (Å²) in [7, 11) is 0. The molecule has 0 N–H and O–H groups in total. The minimum atomic E-state index is -0.447. The number of nitrogens with zero attached hydrogens (tertiary/aromatic N) is 4. The van der Waals surface area contributed by atoms with E-state index in [0.717, 1.165) is 38.7 Å². The molecule has 1 spiro atoms. The first-order chi connectivity index (χ1) is 27.8. The third-order valence-electron chi connectivity index (χ3n) is 11.9. The second-order valence-corrected chi connectivity index (χ2v) is 14.7. The number of benzene rings is 8. The van der Waals surface area contributed by atoms with Crippen molar-refractivity contribution in [3.05, 3.63) is 216 Å². The van der Waals surface area contributed by atoms with Crippen LogP contribution in [0.15, 0.2) is 194 Å². The first-order valence-corrected chi connectivity index (χ1v) is 19.1. The zero-order chi connectivity index (χ0) is 36.8. The second-order valence-electron chi connectivity index (χ2n) is 14.7. The van der Waals surface area contributed by atoms with Crippen LogP contribution < -0.4 is 0 Å². The van der Waals surface area contributed by atoms with E-state index in [1.807, 2.05) is 36.4 Å². The SMILES string of the molecule is c1ccc(-c2nc(-c3ccccc3)nc(-c3cccc4c3c3ccc5c(c3n4-c3ccccc3)-c3ccccc3C53c4ccccc4-c4ccccc43)n2)cc1. The van der Waals surface area contributed by atoms with Crippen LogP contribution >= 0.6 is 0 Å². The van der Waals surface area contributed by atoms with Crippen molar-refractivity contribution in [1.82, 2.24) is 19.5 Å². The highest BCUT2D eigenvalue weighted by Crippen LogP contribution is 2.64. The lowest BCUT2D eigenvalue weighted by Gasteiger charge is -2.30. The van der Waals surface area contributed by atoms with Gasteiger partial charge in [-0.25, -0.2) is 15.0 Å². The van der Waals surface area contributed by atoms with Crippen LogP contribution in [0.5, 0.6) is 0 Å². The molecule has 260 valence electrons. The van der Waals surface area contributed by atoms with Crippen LogP contribution in [-0.4, -0.2) is 19.5 Å². The zero-order valence-electron chi connectivity index (χ0n) is 30.3. The summed E-state index contributed by atoms with van der Waals surface area (Å²) in [5.74, 6) is 1.94. The Bertz CT molecular complexity index is 3080. The molecular formula is C52H32N4. The Morgan fingerprint density at radius 2 is 0.839 bits per heavy atom. The van der Waals surface area contributed by atoms with E-state index in [2.05, 4.69) is 162 Å². The third kappa shape index (κ3) is 4.15. The van der Waals surface area contributed by atoms with Gasteiger partial charge in [0.15, 0.2) is 17.5 Å². The molecule has 10 aromatic rings. The van der Waals surface area contributed by atoms with Crippen LogP contribution in [0.25, 0.3) is 83.9 Å². The monoisotopic (exact) mass is 712 g/mol. The molecule has 2 aliphatic carbocycles. The van der Waals surface area contributed by atoms with Gasteiger partial charge in [-0.05, 0) is 57.1 Å². The summed E-state index contributed by atoms with van der Waals surface area (Å²) in [6, 6.07) is 69.5. The Hall–Kier alpha value is -7.43. The highest BCUT2D eigenvalue weighted by Gasteiger charge is 2.52. The molecule has 2 heterocycles. The van der Waals surface area contributed by atoms with Crippen molar-refractivity contribution >= 4 is 21.8 Å². The Balaban J connectivity index is 1.22. The van der Waals surface area contributed by atoms with Crippen molar-refractivity contribution < 1.29 is 0 Å². The van der Waals surface area contributed by atoms with Crippen molar-refractivity contribution in [3.8, 4) is 62.1 Å². The highest BCUT2D eigenvalue weighted by molar-refractivity contribution is 6.20. The predicted octanol–water partition coefficient (Wildman–Crippen LogP) is 12.3. The fourth-order valence-electron chi connectivity index (χ4n) is 9.69. The molecule has 56 heavy (non-hydrogen) atoms. The smallest absolute Gasteiger partial charge is 0.164 e. The van der Waals surface area contributed by atoms with E-state index in [1.54, 1.807) is 0 Å². The lowest BCUT2D eigenvalue weighted by atomic mass is 9.70. The molecule has 0 unspecified atom stereocenters. The van der Waals surface area contributed by atoms with Gasteiger partial charge in [-0.15, -0.1) is 0 Å². The van der Waals surface area contributed by atoms with Crippen LogP contribution in [0.2, 0.25) is 0 Å². The van der Waals surface area contributed by atoms with Crippen LogP contribution in [-0.2, 0) is 5.41 Å². The maximum absolute atomic E-state index is 5.22. The van der Waals surface area contributed by atoms with Gasteiger partial charge in [0.25, 0.3) is 0 Å². The molecule has 4 nitrogen and oxygen atoms in total. The topological polar surface area (TPSA) is 43.6 Å². The van der Waals surface area contributed by atoms with E-state index in [0.29, 0.717) is 17.5 Å². The van der Waals surface area contributed by atoms with E-state index < -0.39 is 5.41 Å². The maximum atomic E-state index is 5.22. The first kappa shape index (κ1) is 31.0. The average molecular weight is 713 g/mol. The fourth-order valence-corrected chi connectivity index (χ4v) is 9.69. The van der Waals surface area contributed by atoms with Crippen LogP contribution in [0.3, 0.4) is 0 Å². The summed E-state index contributed by atoms with van der Waals surface area (Å²) in [4.78, 5) is 15.5. The molecule has 0 fully saturated rings. The zero-order valence-corrected chi connectivity index (χ0v) is 30.3. The quantitative estimate of drug-likeness (QED) is 0.182. The van der Waals surface area contributed by atoms with Gasteiger partial charge in [0.1, 0.15) is 0 Å². The number of rotatable bonds is 4. The molecule has 0 amide bonds. The summed E-state index contributed by atoms with van der Waals surface area (Å²) in [5, 5.41) is 2.27. The number of fused-ring (bicyclic) bond motifs is 14. The van der Waals surface area contributed by atoms with Gasteiger partial charge in [0.05, 0.1) is 16.4 Å². The second kappa shape index (κ2) is 11.8. The molecular weight excluding hydrogens is 681 g/mol. The average Bonchev–Trinajstić information content (AvgIpc) is 3.89. The molecule has 0 aliphatic heterocycles. The van der Waals surface area contributed by atoms with Crippen molar-refractivity contribution in [2.75, 3.05) is 0 Å². The maximum Gasteiger partial charge on any atom is 0.164 e. The molecule has 8 aromatic carbocycles. The number of aromatic nitrogens is 4. The van der Waals surface area contributed by atoms with Gasteiger partial charge in [-0.3, -0.25) is 0 Å². The molecule has 12 rings (SSSR count). The Kier molecular flexibility index (Phi) is 6.52. The Morgan fingerprint density at radius 3 is 1.45 bits per heavy atom. The molecule has 0 radical (unpaired) electrons. The lowest BCUT2D eigenvalue weighted by molar-refractivity contribution is 0.794. The van der Waals surface area contributed by atoms with E-state index in [-0.39, 0.29) is 0 Å². The van der Waals surface area contributed by atoms with Crippen molar-refractivity contribution in [2.24, 2.45) is 0 Å². The van der Waals surface area contributed by atoms with Gasteiger partial charge >= 0.3 is 0 Å². The summed E-state index contributed by atoms with van der Waals surface area (Å²) >= 11 is 0. The predicted molar refractivity (Wildman–Crippen MR) is 227 cm³/mol. The van der Waals surface area contributed by atoms with Crippen LogP contribution in [0, 0.1) is 0 Å². The fraction of sp³-hybridized carbons (Fsp3) is 0.0192. The molecule has 2 aliphatic rings. The molecule has 0 atom stereocenters. The molecule has 0 bridgehead atoms. The summed E-state index contributed by atoms with van der Waals surface area (Å²) < 4.78 is 2.47. The number of hydrogen-bond donors (Lipinski definition) is 0. The van der Waals surface area contributed by atoms with E-state index >= 15 is 0 Å². The summed E-state index contributed by atoms with van der Waals surface area (Å²) in [6.45, 7) is 0. The number of para-hydroxylation sites is 1. The molecule has 2 aromatic heterocycles. The Labute approximate surface area is 324 Å². The molecule has 0 saturated carbocycles. The van der Waals surface area contributed by atoms with Gasteiger partial charge in [-0.1, -0.05) is 176 Å². The van der Waals surface area contributed by atoms with Crippen molar-refractivity contribution in [1.29, 1.82) is 0 Å². The van der Waals surface area contributed by atoms with Crippen LogP contribution in [0.1, 0.15) is 22.3 Å². The Morgan fingerprint density at radius 1 is 0.357 bits per heavy atom. The summed E-state index contributed by atoms with van der Waals surface area (Å²) in [6.07, 6.45) is 0. The first-order valence-electron chi connectivity index (χ1n) is 19.1. The summed E-state index contributed by atoms with van der Waals surface area (Å²) in [5.41, 5.74) is 16.2. The third-order valence-corrected chi connectivity index (χ3v) is 11.9. The van der Waals surface area contributed by atoms with E-state index in [4.69, 9.17) is 15.0 Å². The highest BCUT2D eigenvalue weighted by atomic mass is 15.0. The largest absolute Gasteiger partial charge is 0.309 e. The number of hydrogen-bond acceptors (Lipinski definition) is 3. The van der Waals surface area contributed by atoms with Crippen molar-refractivity contribution in [2.45, 2.75) is 5.41 Å². The van der Waals surface area contributed by atoms with Gasteiger partial charge in [-0.2, -0.15) is 0 Å². The molecule has 0 saturated heterocycles. The van der Waals surface area contributed by atoms with Crippen molar-refractivity contribution in [3.63, 3.8) is 0 Å². The van der Waals surface area contributed by atoms with Crippen LogP contribution in [0.4, 0.5) is 0 Å². The minimum absolute atomic E-state index is 0.447. The van der Waals surface area contributed by atoms with Gasteiger partial charge in [0.2, 0.25) is 0 Å². The standard InChI is InChI=1S/C52H32N4/c1-4-17-33(18-5-1)49-53-50(34-19-6-2-7-20-34)55-51(54-49)40-26-16-30-45-46(40)39-31-32-44-47(48(39)56(45)35-21-8-3-9-22-35)38-25-12-15-29-43(38)52(44)41-27-13-10-23-36(41)37-24-11-14-28-42(37)52/h1-32H. The van der Waals surface area contributed by atoms with Gasteiger partial charge < -0.3 is 4.57 Å². The lowest BCUT2D eigenvalue weighted by Crippen LogP contribution is -2.25. The van der Waals surface area contributed by atoms with E-state index in [1.165, 1.54) is 50.0 Å². The van der Waals surface area contributed by atoms with E-state index in [9.17, 15) is 0 Å². The minimum Gasteiger partial charge on any atom is -0.309 e.